The fourth-order valence-electron chi connectivity index (χ4n) is 3.68. The molecule has 1 aliphatic rings. The number of anilines is 1. The molecule has 5 rings (SSSR count). The van der Waals surface area contributed by atoms with E-state index in [2.05, 4.69) is 15.3 Å². The molecule has 1 aromatic heterocycles. The summed E-state index contributed by atoms with van der Waals surface area (Å²) in [5.41, 5.74) is 4.15. The van der Waals surface area contributed by atoms with Gasteiger partial charge in [0.05, 0.1) is 22.2 Å². The highest BCUT2D eigenvalue weighted by Gasteiger charge is 2.34. The van der Waals surface area contributed by atoms with Crippen LogP contribution in [0, 0.1) is 0 Å². The second-order valence-electron chi connectivity index (χ2n) is 7.29. The molecule has 7 nitrogen and oxygen atoms in total. The molecule has 3 amide bonds. The van der Waals surface area contributed by atoms with Crippen LogP contribution in [-0.4, -0.2) is 39.1 Å². The minimum absolute atomic E-state index is 0.0246. The van der Waals surface area contributed by atoms with Gasteiger partial charge in [0.15, 0.2) is 0 Å². The lowest BCUT2D eigenvalue weighted by Gasteiger charge is -2.13. The van der Waals surface area contributed by atoms with Crippen molar-refractivity contribution in [3.63, 3.8) is 0 Å². The number of rotatable bonds is 5. The summed E-state index contributed by atoms with van der Waals surface area (Å²) in [6, 6.07) is 21.8. The number of aromatic nitrogens is 2. The third-order valence-electron chi connectivity index (χ3n) is 5.27. The van der Waals surface area contributed by atoms with E-state index in [0.29, 0.717) is 16.8 Å². The molecule has 0 unspecified atom stereocenters. The number of hydrogen-bond donors (Lipinski definition) is 2. The lowest BCUT2D eigenvalue weighted by Crippen LogP contribution is -2.32. The van der Waals surface area contributed by atoms with E-state index in [0.717, 1.165) is 27.3 Å². The largest absolute Gasteiger partial charge is 0.338 e. The fraction of sp³-hybridized carbons (Fsp3) is 0.0833. The van der Waals surface area contributed by atoms with Gasteiger partial charge in [0.1, 0.15) is 5.82 Å². The van der Waals surface area contributed by atoms with E-state index in [9.17, 15) is 14.4 Å². The van der Waals surface area contributed by atoms with Crippen LogP contribution in [0.5, 0.6) is 0 Å². The van der Waals surface area contributed by atoms with Crippen molar-refractivity contribution in [1.82, 2.24) is 14.9 Å². The first-order valence-corrected chi connectivity index (χ1v) is 9.90. The Morgan fingerprint density at radius 3 is 2.19 bits per heavy atom. The summed E-state index contributed by atoms with van der Waals surface area (Å²) in [4.78, 5) is 46.1. The zero-order chi connectivity index (χ0) is 21.4. The molecule has 0 spiro atoms. The van der Waals surface area contributed by atoms with Crippen molar-refractivity contribution >= 4 is 34.4 Å². The standard InChI is InChI=1S/C24H18N4O3/c29-21(13-14-28-23(30)17-5-1-2-6-18(17)24(28)31)25-16-11-9-15(10-12-16)22-26-19-7-3-4-8-20(19)27-22/h1-12H,13-14H2,(H,25,29)(H,26,27). The smallest absolute Gasteiger partial charge is 0.261 e. The molecule has 0 bridgehead atoms. The van der Waals surface area contributed by atoms with Crippen molar-refractivity contribution in [2.75, 3.05) is 11.9 Å². The highest BCUT2D eigenvalue weighted by Crippen LogP contribution is 2.24. The third-order valence-corrected chi connectivity index (χ3v) is 5.27. The Labute approximate surface area is 177 Å². The molecule has 2 N–H and O–H groups in total. The fourth-order valence-corrected chi connectivity index (χ4v) is 3.68. The number of imide groups is 1. The first kappa shape index (κ1) is 18.7. The summed E-state index contributed by atoms with van der Waals surface area (Å²) < 4.78 is 0. The van der Waals surface area contributed by atoms with Crippen LogP contribution in [0.15, 0.2) is 72.8 Å². The summed E-state index contributed by atoms with van der Waals surface area (Å²) >= 11 is 0. The first-order valence-electron chi connectivity index (χ1n) is 9.90. The van der Waals surface area contributed by atoms with Crippen LogP contribution >= 0.6 is 0 Å². The summed E-state index contributed by atoms with van der Waals surface area (Å²) in [5, 5.41) is 2.80. The Morgan fingerprint density at radius 1 is 0.871 bits per heavy atom. The molecule has 152 valence electrons. The van der Waals surface area contributed by atoms with Gasteiger partial charge in [-0.25, -0.2) is 4.98 Å². The zero-order valence-electron chi connectivity index (χ0n) is 16.5. The van der Waals surface area contributed by atoms with Gasteiger partial charge in [-0.15, -0.1) is 0 Å². The second-order valence-corrected chi connectivity index (χ2v) is 7.29. The van der Waals surface area contributed by atoms with E-state index in [1.807, 2.05) is 36.4 Å². The molecular formula is C24H18N4O3. The highest BCUT2D eigenvalue weighted by atomic mass is 16.2. The minimum Gasteiger partial charge on any atom is -0.338 e. The van der Waals surface area contributed by atoms with Crippen molar-refractivity contribution in [1.29, 1.82) is 0 Å². The van der Waals surface area contributed by atoms with Gasteiger partial charge >= 0.3 is 0 Å². The Hall–Kier alpha value is -4.26. The van der Waals surface area contributed by atoms with E-state index in [1.54, 1.807) is 36.4 Å². The second kappa shape index (κ2) is 7.53. The van der Waals surface area contributed by atoms with Gasteiger partial charge in [-0.2, -0.15) is 0 Å². The number of H-pyrrole nitrogens is 1. The van der Waals surface area contributed by atoms with Crippen molar-refractivity contribution in [3.8, 4) is 11.4 Å². The molecule has 0 radical (unpaired) electrons. The van der Waals surface area contributed by atoms with Crippen LogP contribution in [0.1, 0.15) is 27.1 Å². The van der Waals surface area contributed by atoms with Crippen molar-refractivity contribution in [3.05, 3.63) is 83.9 Å². The maximum absolute atomic E-state index is 12.4. The van der Waals surface area contributed by atoms with Gasteiger partial charge in [0.25, 0.3) is 11.8 Å². The molecule has 0 saturated carbocycles. The molecule has 31 heavy (non-hydrogen) atoms. The minimum atomic E-state index is -0.358. The number of carbonyl (C=O) groups is 3. The number of amides is 3. The highest BCUT2D eigenvalue weighted by molar-refractivity contribution is 6.21. The summed E-state index contributed by atoms with van der Waals surface area (Å²) in [7, 11) is 0. The van der Waals surface area contributed by atoms with Crippen molar-refractivity contribution < 1.29 is 14.4 Å². The Bertz CT molecular complexity index is 1260. The lowest BCUT2D eigenvalue weighted by atomic mass is 10.1. The number of aromatic amines is 1. The molecule has 1 aliphatic heterocycles. The third kappa shape index (κ3) is 3.46. The molecule has 0 saturated heterocycles. The average Bonchev–Trinajstić information content (AvgIpc) is 3.33. The molecule has 2 heterocycles. The Kier molecular flexibility index (Phi) is 4.55. The van der Waals surface area contributed by atoms with Crippen LogP contribution < -0.4 is 5.32 Å². The van der Waals surface area contributed by atoms with Gasteiger partial charge in [0, 0.05) is 24.2 Å². The average molecular weight is 410 g/mol. The monoisotopic (exact) mass is 410 g/mol. The molecular weight excluding hydrogens is 392 g/mol. The normalized spacial score (nSPS) is 13.0. The summed E-state index contributed by atoms with van der Waals surface area (Å²) in [5.74, 6) is -0.232. The quantitative estimate of drug-likeness (QED) is 0.489. The molecule has 0 atom stereocenters. The van der Waals surface area contributed by atoms with Gasteiger partial charge < -0.3 is 10.3 Å². The maximum Gasteiger partial charge on any atom is 0.261 e. The van der Waals surface area contributed by atoms with Crippen LogP contribution in [0.2, 0.25) is 0 Å². The topological polar surface area (TPSA) is 95.2 Å². The van der Waals surface area contributed by atoms with Crippen LogP contribution in [0.3, 0.4) is 0 Å². The SMILES string of the molecule is O=C(CCN1C(=O)c2ccccc2C1=O)Nc1ccc(-c2nc3ccccc3[nH]2)cc1. The van der Waals surface area contributed by atoms with E-state index in [4.69, 9.17) is 0 Å². The summed E-state index contributed by atoms with van der Waals surface area (Å²) in [6.07, 6.45) is 0.0246. The number of nitrogens with zero attached hydrogens (tertiary/aromatic N) is 2. The predicted octanol–water partition coefficient (Wildman–Crippen LogP) is 3.85. The number of benzene rings is 3. The summed E-state index contributed by atoms with van der Waals surface area (Å²) in [6.45, 7) is 0.0370. The molecule has 3 aromatic carbocycles. The number of hydrogen-bond acceptors (Lipinski definition) is 4. The van der Waals surface area contributed by atoms with Gasteiger partial charge in [-0.05, 0) is 48.5 Å². The van der Waals surface area contributed by atoms with Gasteiger partial charge in [-0.3, -0.25) is 19.3 Å². The van der Waals surface area contributed by atoms with E-state index in [-0.39, 0.29) is 30.7 Å². The van der Waals surface area contributed by atoms with Gasteiger partial charge in [-0.1, -0.05) is 24.3 Å². The van der Waals surface area contributed by atoms with E-state index in [1.165, 1.54) is 0 Å². The van der Waals surface area contributed by atoms with Crippen LogP contribution in [0.25, 0.3) is 22.4 Å². The van der Waals surface area contributed by atoms with E-state index >= 15 is 0 Å². The Balaban J connectivity index is 1.21. The van der Waals surface area contributed by atoms with Gasteiger partial charge in [0.2, 0.25) is 5.91 Å². The number of fused-ring (bicyclic) bond motifs is 2. The molecule has 7 heteroatoms. The van der Waals surface area contributed by atoms with Crippen molar-refractivity contribution in [2.24, 2.45) is 0 Å². The molecule has 0 fully saturated rings. The predicted molar refractivity (Wildman–Crippen MR) is 117 cm³/mol. The first-order chi connectivity index (χ1) is 15.1. The number of para-hydroxylation sites is 2. The van der Waals surface area contributed by atoms with E-state index < -0.39 is 0 Å². The van der Waals surface area contributed by atoms with Crippen LogP contribution in [0.4, 0.5) is 5.69 Å². The lowest BCUT2D eigenvalue weighted by molar-refractivity contribution is -0.116. The van der Waals surface area contributed by atoms with Crippen molar-refractivity contribution in [2.45, 2.75) is 6.42 Å². The number of imidazole rings is 1. The maximum atomic E-state index is 12.4. The molecule has 0 aliphatic carbocycles. The number of nitrogens with one attached hydrogen (secondary N) is 2. The van der Waals surface area contributed by atoms with Crippen LogP contribution in [-0.2, 0) is 4.79 Å². The molecule has 4 aromatic rings. The number of carbonyl (C=O) groups excluding carboxylic acids is 3. The Morgan fingerprint density at radius 2 is 1.52 bits per heavy atom. The zero-order valence-corrected chi connectivity index (χ0v) is 16.5.